The molecule has 1 aliphatic rings. The summed E-state index contributed by atoms with van der Waals surface area (Å²) in [4.78, 5) is 15.2. The number of rotatable bonds is 3. The van der Waals surface area contributed by atoms with E-state index in [2.05, 4.69) is 15.6 Å². The van der Waals surface area contributed by atoms with Crippen molar-refractivity contribution < 1.29 is 4.79 Å². The van der Waals surface area contributed by atoms with Gasteiger partial charge in [0.05, 0.1) is 6.54 Å². The summed E-state index contributed by atoms with van der Waals surface area (Å²) in [6.45, 7) is 0.524. The quantitative estimate of drug-likeness (QED) is 0.762. The zero-order chi connectivity index (χ0) is 9.10. The van der Waals surface area contributed by atoms with Crippen LogP contribution in [0, 0.1) is 0 Å². The van der Waals surface area contributed by atoms with E-state index in [1.54, 1.807) is 17.5 Å². The molecule has 0 aromatic carbocycles. The molecule has 1 saturated carbocycles. The van der Waals surface area contributed by atoms with Crippen molar-refractivity contribution in [2.75, 3.05) is 0 Å². The van der Waals surface area contributed by atoms with E-state index in [1.165, 1.54) is 0 Å². The minimum Gasteiger partial charge on any atom is -0.335 e. The van der Waals surface area contributed by atoms with E-state index in [0.717, 1.165) is 17.8 Å². The summed E-state index contributed by atoms with van der Waals surface area (Å²) in [5.74, 6) is 0. The average Bonchev–Trinajstić information content (AvgIpc) is 2.78. The van der Waals surface area contributed by atoms with Gasteiger partial charge in [-0.05, 0) is 12.8 Å². The molecular formula is C8H11N3OS. The van der Waals surface area contributed by atoms with Gasteiger partial charge in [-0.2, -0.15) is 0 Å². The van der Waals surface area contributed by atoms with Crippen LogP contribution in [0.1, 0.15) is 17.8 Å². The van der Waals surface area contributed by atoms with E-state index >= 15 is 0 Å². The molecule has 2 rings (SSSR count). The van der Waals surface area contributed by atoms with E-state index in [9.17, 15) is 4.79 Å². The molecule has 1 heterocycles. The van der Waals surface area contributed by atoms with Crippen LogP contribution in [0.4, 0.5) is 4.79 Å². The van der Waals surface area contributed by atoms with Gasteiger partial charge in [-0.3, -0.25) is 0 Å². The van der Waals surface area contributed by atoms with Crippen LogP contribution in [-0.4, -0.2) is 17.1 Å². The number of hydrogen-bond acceptors (Lipinski definition) is 3. The number of nitrogens with zero attached hydrogens (tertiary/aromatic N) is 1. The highest BCUT2D eigenvalue weighted by Gasteiger charge is 2.22. The molecule has 70 valence electrons. The molecule has 0 aliphatic heterocycles. The number of nitrogens with one attached hydrogen (secondary N) is 2. The Hall–Kier alpha value is -1.10. The third-order valence-electron chi connectivity index (χ3n) is 1.80. The number of aromatic nitrogens is 1. The van der Waals surface area contributed by atoms with Gasteiger partial charge < -0.3 is 10.6 Å². The first-order valence-corrected chi connectivity index (χ1v) is 5.15. The summed E-state index contributed by atoms with van der Waals surface area (Å²) in [6.07, 6.45) is 3.97. The number of thiazole rings is 1. The summed E-state index contributed by atoms with van der Waals surface area (Å²) >= 11 is 1.55. The largest absolute Gasteiger partial charge is 0.335 e. The van der Waals surface area contributed by atoms with Crippen molar-refractivity contribution in [3.8, 4) is 0 Å². The van der Waals surface area contributed by atoms with Gasteiger partial charge in [-0.15, -0.1) is 11.3 Å². The first kappa shape index (κ1) is 8.50. The fourth-order valence-electron chi connectivity index (χ4n) is 0.960. The summed E-state index contributed by atoms with van der Waals surface area (Å²) in [6, 6.07) is 0.328. The predicted molar refractivity (Wildman–Crippen MR) is 50.5 cm³/mol. The second-order valence-corrected chi connectivity index (χ2v) is 4.01. The first-order valence-electron chi connectivity index (χ1n) is 4.27. The zero-order valence-electron chi connectivity index (χ0n) is 7.12. The van der Waals surface area contributed by atoms with Crippen LogP contribution in [0.2, 0.25) is 0 Å². The van der Waals surface area contributed by atoms with Crippen molar-refractivity contribution in [3.63, 3.8) is 0 Å². The SMILES string of the molecule is O=C(NCc1nccs1)NC1CC1. The van der Waals surface area contributed by atoms with E-state index in [4.69, 9.17) is 0 Å². The molecule has 0 bridgehead atoms. The Morgan fingerprint density at radius 2 is 2.54 bits per heavy atom. The van der Waals surface area contributed by atoms with Gasteiger partial charge in [-0.1, -0.05) is 0 Å². The zero-order valence-corrected chi connectivity index (χ0v) is 7.93. The van der Waals surface area contributed by atoms with Crippen LogP contribution in [0.25, 0.3) is 0 Å². The Kier molecular flexibility index (Phi) is 2.44. The Balaban J connectivity index is 1.69. The van der Waals surface area contributed by atoms with Gasteiger partial charge in [0.2, 0.25) is 0 Å². The van der Waals surface area contributed by atoms with Crippen molar-refractivity contribution in [1.29, 1.82) is 0 Å². The Bertz CT molecular complexity index is 282. The third-order valence-corrected chi connectivity index (χ3v) is 2.58. The highest BCUT2D eigenvalue weighted by Crippen LogP contribution is 2.18. The average molecular weight is 197 g/mol. The normalized spacial score (nSPS) is 15.4. The minimum atomic E-state index is -0.0855. The molecule has 0 saturated heterocycles. The Morgan fingerprint density at radius 1 is 1.69 bits per heavy atom. The van der Waals surface area contributed by atoms with E-state index in [-0.39, 0.29) is 6.03 Å². The first-order chi connectivity index (χ1) is 6.34. The van der Waals surface area contributed by atoms with Gasteiger partial charge in [0.15, 0.2) is 0 Å². The fraction of sp³-hybridized carbons (Fsp3) is 0.500. The number of amides is 2. The number of carbonyl (C=O) groups excluding carboxylic acids is 1. The molecule has 1 aromatic rings. The maximum atomic E-state index is 11.1. The van der Waals surface area contributed by atoms with Gasteiger partial charge in [-0.25, -0.2) is 9.78 Å². The minimum absolute atomic E-state index is 0.0855. The topological polar surface area (TPSA) is 54.0 Å². The molecule has 13 heavy (non-hydrogen) atoms. The smallest absolute Gasteiger partial charge is 0.315 e. The molecule has 0 spiro atoms. The maximum Gasteiger partial charge on any atom is 0.315 e. The summed E-state index contributed by atoms with van der Waals surface area (Å²) in [5.41, 5.74) is 0. The number of carbonyl (C=O) groups is 1. The van der Waals surface area contributed by atoms with Gasteiger partial charge >= 0.3 is 6.03 Å². The van der Waals surface area contributed by atoms with Crippen LogP contribution in [-0.2, 0) is 6.54 Å². The lowest BCUT2D eigenvalue weighted by Gasteiger charge is -2.03. The lowest BCUT2D eigenvalue weighted by atomic mass is 10.6. The molecule has 2 N–H and O–H groups in total. The number of urea groups is 1. The lowest BCUT2D eigenvalue weighted by molar-refractivity contribution is 0.240. The monoisotopic (exact) mass is 197 g/mol. The summed E-state index contributed by atoms with van der Waals surface area (Å²) in [7, 11) is 0. The molecule has 0 atom stereocenters. The molecule has 0 unspecified atom stereocenters. The molecule has 2 amide bonds. The molecule has 0 radical (unpaired) electrons. The van der Waals surface area contributed by atoms with Crippen molar-refractivity contribution >= 4 is 17.4 Å². The molecule has 5 heteroatoms. The number of hydrogen-bond donors (Lipinski definition) is 2. The van der Waals surface area contributed by atoms with Crippen molar-refractivity contribution in [2.45, 2.75) is 25.4 Å². The lowest BCUT2D eigenvalue weighted by Crippen LogP contribution is -2.36. The van der Waals surface area contributed by atoms with Gasteiger partial charge in [0.25, 0.3) is 0 Å². The molecule has 1 aliphatic carbocycles. The van der Waals surface area contributed by atoms with Crippen LogP contribution in [0.15, 0.2) is 11.6 Å². The van der Waals surface area contributed by atoms with Crippen molar-refractivity contribution in [2.24, 2.45) is 0 Å². The molecule has 1 aromatic heterocycles. The highest BCUT2D eigenvalue weighted by molar-refractivity contribution is 7.09. The summed E-state index contributed by atoms with van der Waals surface area (Å²) in [5, 5.41) is 8.43. The molecule has 1 fully saturated rings. The molecular weight excluding hydrogens is 186 g/mol. The highest BCUT2D eigenvalue weighted by atomic mass is 32.1. The van der Waals surface area contributed by atoms with Crippen LogP contribution >= 0.6 is 11.3 Å². The van der Waals surface area contributed by atoms with Crippen molar-refractivity contribution in [3.05, 3.63) is 16.6 Å². The van der Waals surface area contributed by atoms with Crippen LogP contribution in [0.3, 0.4) is 0 Å². The summed E-state index contributed by atoms with van der Waals surface area (Å²) < 4.78 is 0. The Labute approximate surface area is 80.4 Å². The standard InChI is InChI=1S/C8H11N3OS/c12-8(11-6-1-2-6)10-5-7-9-3-4-13-7/h3-4,6H,1-2,5H2,(H2,10,11,12). The van der Waals surface area contributed by atoms with Gasteiger partial charge in [0, 0.05) is 17.6 Å². The molecule has 4 nitrogen and oxygen atoms in total. The van der Waals surface area contributed by atoms with Gasteiger partial charge in [0.1, 0.15) is 5.01 Å². The van der Waals surface area contributed by atoms with Crippen molar-refractivity contribution in [1.82, 2.24) is 15.6 Å². The van der Waals surface area contributed by atoms with Crippen LogP contribution < -0.4 is 10.6 Å². The van der Waals surface area contributed by atoms with E-state index < -0.39 is 0 Å². The van der Waals surface area contributed by atoms with E-state index in [0.29, 0.717) is 12.6 Å². The van der Waals surface area contributed by atoms with Crippen LogP contribution in [0.5, 0.6) is 0 Å². The maximum absolute atomic E-state index is 11.1. The third kappa shape index (κ3) is 2.69. The predicted octanol–water partition coefficient (Wildman–Crippen LogP) is 1.10. The van der Waals surface area contributed by atoms with E-state index in [1.807, 2.05) is 5.38 Å². The second kappa shape index (κ2) is 3.74. The Morgan fingerprint density at radius 3 is 3.15 bits per heavy atom. The second-order valence-electron chi connectivity index (χ2n) is 3.03. The fourth-order valence-corrected chi connectivity index (χ4v) is 1.52.